The van der Waals surface area contributed by atoms with Gasteiger partial charge in [0.15, 0.2) is 0 Å². The summed E-state index contributed by atoms with van der Waals surface area (Å²) in [6.07, 6.45) is 1.20. The summed E-state index contributed by atoms with van der Waals surface area (Å²) in [5.41, 5.74) is 3.48. The van der Waals surface area contributed by atoms with Crippen molar-refractivity contribution >= 4 is 17.9 Å². The van der Waals surface area contributed by atoms with Crippen LogP contribution in [-0.2, 0) is 18.4 Å². The van der Waals surface area contributed by atoms with Crippen LogP contribution < -0.4 is 5.43 Å². The third kappa shape index (κ3) is 3.80. The fraction of sp³-hybridized carbons (Fsp3) is 0.385. The lowest BCUT2D eigenvalue weighted by molar-refractivity contribution is -0.389. The van der Waals surface area contributed by atoms with Crippen molar-refractivity contribution in [1.29, 1.82) is 0 Å². The number of carbonyl (C=O) groups is 1. The predicted octanol–water partition coefficient (Wildman–Crippen LogP) is 0.821. The number of nitrogens with one attached hydrogen (secondary N) is 1. The highest BCUT2D eigenvalue weighted by atomic mass is 19.1. The molecule has 2 heterocycles. The van der Waals surface area contributed by atoms with Crippen LogP contribution in [-0.4, -0.2) is 36.6 Å². The van der Waals surface area contributed by atoms with Gasteiger partial charge in [0.25, 0.3) is 0 Å². The third-order valence-corrected chi connectivity index (χ3v) is 3.29. The van der Waals surface area contributed by atoms with E-state index in [-0.39, 0.29) is 24.3 Å². The second-order valence-corrected chi connectivity index (χ2v) is 5.08. The molecule has 24 heavy (non-hydrogen) atoms. The number of amides is 1. The average molecular weight is 337 g/mol. The van der Waals surface area contributed by atoms with E-state index in [9.17, 15) is 19.3 Å². The zero-order chi connectivity index (χ0) is 17.9. The van der Waals surface area contributed by atoms with Gasteiger partial charge in [-0.15, -0.1) is 0 Å². The van der Waals surface area contributed by atoms with Crippen LogP contribution in [0.25, 0.3) is 0 Å². The van der Waals surface area contributed by atoms with Crippen LogP contribution in [0.4, 0.5) is 10.2 Å². The minimum Gasteiger partial charge on any atom is -0.358 e. The van der Waals surface area contributed by atoms with Crippen LogP contribution in [0.15, 0.2) is 11.2 Å². The quantitative estimate of drug-likeness (QED) is 0.475. The van der Waals surface area contributed by atoms with Crippen LogP contribution in [0, 0.1) is 29.9 Å². The van der Waals surface area contributed by atoms with Crippen molar-refractivity contribution in [3.05, 3.63) is 39.1 Å². The number of nitro groups is 1. The molecule has 1 N–H and O–H groups in total. The van der Waals surface area contributed by atoms with E-state index >= 15 is 0 Å². The molecule has 0 aliphatic carbocycles. The highest BCUT2D eigenvalue weighted by Gasteiger charge is 2.16. The van der Waals surface area contributed by atoms with Crippen LogP contribution in [0.3, 0.4) is 0 Å². The van der Waals surface area contributed by atoms with E-state index in [0.29, 0.717) is 11.4 Å². The van der Waals surface area contributed by atoms with E-state index in [1.54, 1.807) is 13.8 Å². The fourth-order valence-electron chi connectivity index (χ4n) is 2.03. The second kappa shape index (κ2) is 6.98. The largest absolute Gasteiger partial charge is 0.390 e. The smallest absolute Gasteiger partial charge is 0.358 e. The molecule has 10 nitrogen and oxygen atoms in total. The van der Waals surface area contributed by atoms with Crippen molar-refractivity contribution in [3.8, 4) is 0 Å². The van der Waals surface area contributed by atoms with E-state index in [1.165, 1.54) is 24.0 Å². The van der Waals surface area contributed by atoms with Gasteiger partial charge in [-0.2, -0.15) is 19.3 Å². The van der Waals surface area contributed by atoms with E-state index < -0.39 is 16.8 Å². The molecule has 2 rings (SSSR count). The molecule has 0 radical (unpaired) electrons. The lowest BCUT2D eigenvalue weighted by Gasteiger charge is -1.99. The molecular formula is C13H16FN7O3. The number of rotatable bonds is 6. The van der Waals surface area contributed by atoms with E-state index in [2.05, 4.69) is 20.7 Å². The first-order valence-electron chi connectivity index (χ1n) is 6.99. The molecular weight excluding hydrogens is 321 g/mol. The molecule has 0 aliphatic rings. The minimum atomic E-state index is -0.599. The van der Waals surface area contributed by atoms with Crippen LogP contribution in [0.5, 0.6) is 0 Å². The summed E-state index contributed by atoms with van der Waals surface area (Å²) in [4.78, 5) is 21.8. The van der Waals surface area contributed by atoms with Crippen LogP contribution >= 0.6 is 0 Å². The fourth-order valence-corrected chi connectivity index (χ4v) is 2.03. The Hall–Kier alpha value is -3.11. The Morgan fingerprint density at radius 3 is 2.75 bits per heavy atom. The van der Waals surface area contributed by atoms with E-state index in [4.69, 9.17) is 0 Å². The van der Waals surface area contributed by atoms with Gasteiger partial charge in [0.05, 0.1) is 40.9 Å². The number of halogens is 1. The zero-order valence-corrected chi connectivity index (χ0v) is 13.4. The van der Waals surface area contributed by atoms with Crippen molar-refractivity contribution in [2.45, 2.75) is 26.8 Å². The second-order valence-electron chi connectivity index (χ2n) is 5.08. The summed E-state index contributed by atoms with van der Waals surface area (Å²) in [6, 6.07) is 1.32. The molecule has 11 heteroatoms. The molecule has 0 aromatic carbocycles. The van der Waals surface area contributed by atoms with Gasteiger partial charge in [-0.05, 0) is 18.8 Å². The first-order chi connectivity index (χ1) is 11.3. The predicted molar refractivity (Wildman–Crippen MR) is 81.9 cm³/mol. The maximum Gasteiger partial charge on any atom is 0.390 e. The molecule has 1 amide bonds. The molecule has 0 unspecified atom stereocenters. The molecule has 2 aromatic heterocycles. The minimum absolute atomic E-state index is 0.0194. The number of hydrogen-bond donors (Lipinski definition) is 1. The van der Waals surface area contributed by atoms with Crippen LogP contribution in [0.1, 0.15) is 23.4 Å². The van der Waals surface area contributed by atoms with Crippen molar-refractivity contribution < 1.29 is 14.1 Å². The Morgan fingerprint density at radius 1 is 1.50 bits per heavy atom. The van der Waals surface area contributed by atoms with E-state index in [1.807, 2.05) is 0 Å². The molecule has 0 saturated heterocycles. The Morgan fingerprint density at radius 2 is 2.21 bits per heavy atom. The summed E-state index contributed by atoms with van der Waals surface area (Å²) >= 11 is 0. The normalized spacial score (nSPS) is 11.2. The standard InChI is InChI=1S/C13H16FN7O3/c1-8-6-11(21(23)24)18-20(8)5-4-12(22)16-15-7-10-9(2)17-19(3)13(10)14/h6-7H,4-5H2,1-3H3,(H,16,22)/b15-7+. The maximum absolute atomic E-state index is 13.7. The number of aromatic nitrogens is 4. The van der Waals surface area contributed by atoms with E-state index in [0.717, 1.165) is 4.68 Å². The monoisotopic (exact) mass is 337 g/mol. The molecule has 128 valence electrons. The lowest BCUT2D eigenvalue weighted by Crippen LogP contribution is -2.20. The topological polar surface area (TPSA) is 120 Å². The van der Waals surface area contributed by atoms with Crippen molar-refractivity contribution in [3.63, 3.8) is 0 Å². The van der Waals surface area contributed by atoms with Gasteiger partial charge in [-0.1, -0.05) is 0 Å². The molecule has 0 fully saturated rings. The average Bonchev–Trinajstić information content (AvgIpc) is 3.00. The number of carbonyl (C=O) groups excluding carboxylic acids is 1. The Bertz CT molecular complexity index is 809. The Balaban J connectivity index is 1.90. The van der Waals surface area contributed by atoms with Crippen molar-refractivity contribution in [2.75, 3.05) is 0 Å². The molecule has 0 saturated carbocycles. The van der Waals surface area contributed by atoms with Gasteiger partial charge < -0.3 is 10.1 Å². The maximum atomic E-state index is 13.7. The summed E-state index contributed by atoms with van der Waals surface area (Å²) in [5.74, 6) is -1.25. The summed E-state index contributed by atoms with van der Waals surface area (Å²) < 4.78 is 16.1. The zero-order valence-electron chi connectivity index (χ0n) is 13.4. The molecule has 0 aliphatic heterocycles. The molecule has 0 atom stereocenters. The SMILES string of the molecule is Cc1nn(C)c(F)c1/C=N/NC(=O)CCn1nc([N+](=O)[O-])cc1C. The first kappa shape index (κ1) is 17.2. The molecule has 2 aromatic rings. The number of hydrogen-bond acceptors (Lipinski definition) is 6. The van der Waals surface area contributed by atoms with Crippen LogP contribution in [0.2, 0.25) is 0 Å². The highest BCUT2D eigenvalue weighted by molar-refractivity contribution is 5.83. The lowest BCUT2D eigenvalue weighted by atomic mass is 10.3. The Kier molecular flexibility index (Phi) is 5.02. The van der Waals surface area contributed by atoms with Crippen molar-refractivity contribution in [1.82, 2.24) is 25.0 Å². The number of nitrogens with zero attached hydrogens (tertiary/aromatic N) is 6. The number of hydrazone groups is 1. The van der Waals surface area contributed by atoms with Gasteiger partial charge in [-0.3, -0.25) is 4.79 Å². The van der Waals surface area contributed by atoms with Gasteiger partial charge >= 0.3 is 5.82 Å². The van der Waals surface area contributed by atoms with Gasteiger partial charge in [0.1, 0.15) is 0 Å². The van der Waals surface area contributed by atoms with Gasteiger partial charge in [0, 0.05) is 13.5 Å². The Labute approximate surface area is 136 Å². The summed E-state index contributed by atoms with van der Waals surface area (Å²) in [5, 5.41) is 22.0. The van der Waals surface area contributed by atoms with Gasteiger partial charge in [0.2, 0.25) is 11.9 Å². The highest BCUT2D eigenvalue weighted by Crippen LogP contribution is 2.11. The molecule has 0 spiro atoms. The molecule has 0 bridgehead atoms. The van der Waals surface area contributed by atoms with Crippen molar-refractivity contribution in [2.24, 2.45) is 12.1 Å². The summed E-state index contributed by atoms with van der Waals surface area (Å²) in [7, 11) is 1.46. The third-order valence-electron chi connectivity index (χ3n) is 3.29. The van der Waals surface area contributed by atoms with Gasteiger partial charge in [-0.25, -0.2) is 10.1 Å². The first-order valence-corrected chi connectivity index (χ1v) is 6.99. The summed E-state index contributed by atoms with van der Waals surface area (Å²) in [6.45, 7) is 3.45. The number of aryl methyl sites for hydroxylation is 4.